The fourth-order valence-corrected chi connectivity index (χ4v) is 6.02. The van der Waals surface area contributed by atoms with Crippen molar-refractivity contribution in [3.63, 3.8) is 0 Å². The van der Waals surface area contributed by atoms with Crippen LogP contribution in [0, 0.1) is 34.6 Å². The summed E-state index contributed by atoms with van der Waals surface area (Å²) in [5.41, 5.74) is 7.83. The molecule has 0 radical (unpaired) electrons. The Hall–Kier alpha value is -2.71. The molecule has 1 nitrogen and oxygen atoms in total. The summed E-state index contributed by atoms with van der Waals surface area (Å²) in [6.45, 7) is 10.9. The van der Waals surface area contributed by atoms with Gasteiger partial charge in [-0.2, -0.15) is 0 Å². The van der Waals surface area contributed by atoms with Crippen LogP contribution in [0.25, 0.3) is 5.69 Å². The second-order valence-electron chi connectivity index (χ2n) is 7.93. The second kappa shape index (κ2) is 7.96. The molecule has 1 heterocycles. The van der Waals surface area contributed by atoms with Gasteiger partial charge in [-0.25, -0.2) is 0 Å². The summed E-state index contributed by atoms with van der Waals surface area (Å²) in [6, 6.07) is 24.8. The van der Waals surface area contributed by atoms with Gasteiger partial charge in [0.05, 0.1) is 11.9 Å². The number of aromatic nitrogens is 1. The van der Waals surface area contributed by atoms with Gasteiger partial charge in [0, 0.05) is 12.3 Å². The third-order valence-corrected chi connectivity index (χ3v) is 7.51. The Morgan fingerprint density at radius 2 is 1.03 bits per heavy atom. The predicted octanol–water partition coefficient (Wildman–Crippen LogP) is 7.11. The van der Waals surface area contributed by atoms with Gasteiger partial charge in [-0.1, -0.05) is 53.1 Å². The summed E-state index contributed by atoms with van der Waals surface area (Å²) in [5, 5.41) is 0. The molecule has 0 unspecified atom stereocenters. The zero-order chi connectivity index (χ0) is 20.5. The fourth-order valence-electron chi connectivity index (χ4n) is 3.97. The van der Waals surface area contributed by atoms with Crippen LogP contribution in [0.3, 0.4) is 0 Å². The van der Waals surface area contributed by atoms with Gasteiger partial charge in [0.15, 0.2) is 14.7 Å². The molecule has 4 rings (SSSR count). The highest BCUT2D eigenvalue weighted by Crippen LogP contribution is 2.33. The molecular weight excluding hydrogens is 370 g/mol. The minimum atomic E-state index is -0.123. The van der Waals surface area contributed by atoms with Gasteiger partial charge in [0.25, 0.3) is 0 Å². The lowest BCUT2D eigenvalue weighted by atomic mass is 10.1. The Morgan fingerprint density at radius 3 is 1.52 bits per heavy atom. The maximum absolute atomic E-state index is 2.31. The van der Waals surface area contributed by atoms with Gasteiger partial charge in [-0.15, -0.1) is 0 Å². The average molecular weight is 399 g/mol. The maximum Gasteiger partial charge on any atom is 0.184 e. The lowest BCUT2D eigenvalue weighted by Gasteiger charge is -2.12. The van der Waals surface area contributed by atoms with Crippen molar-refractivity contribution >= 4 is 10.9 Å². The second-order valence-corrected chi connectivity index (χ2v) is 9.96. The summed E-state index contributed by atoms with van der Waals surface area (Å²) >= 11 is 0. The summed E-state index contributed by atoms with van der Waals surface area (Å²) in [4.78, 5) is 4.06. The van der Waals surface area contributed by atoms with Crippen LogP contribution in [-0.4, -0.2) is 4.57 Å². The average Bonchev–Trinajstić information content (AvgIpc) is 3.13. The summed E-state index contributed by atoms with van der Waals surface area (Å²) in [7, 11) is -0.123. The van der Waals surface area contributed by atoms with Crippen molar-refractivity contribution in [1.82, 2.24) is 4.57 Å². The minimum Gasteiger partial charge on any atom is -0.318 e. The molecule has 29 heavy (non-hydrogen) atoms. The fraction of sp³-hybridized carbons (Fsp3) is 0.185. The van der Waals surface area contributed by atoms with E-state index in [2.05, 4.69) is 118 Å². The first-order chi connectivity index (χ1) is 13.9. The van der Waals surface area contributed by atoms with Gasteiger partial charge < -0.3 is 4.57 Å². The highest BCUT2D eigenvalue weighted by molar-refractivity contribution is 7.97. The number of nitrogens with zero attached hydrogens (tertiary/aromatic N) is 1. The van der Waals surface area contributed by atoms with Crippen molar-refractivity contribution in [3.8, 4) is 5.69 Å². The summed E-state index contributed by atoms with van der Waals surface area (Å²) in [6.07, 6.45) is 4.52. The van der Waals surface area contributed by atoms with Crippen LogP contribution in [-0.2, 0) is 10.9 Å². The highest BCUT2D eigenvalue weighted by atomic mass is 32.2. The molecule has 0 aliphatic heterocycles. The molecule has 0 aliphatic rings. The van der Waals surface area contributed by atoms with E-state index in [1.165, 1.54) is 48.2 Å². The van der Waals surface area contributed by atoms with Crippen molar-refractivity contribution in [2.24, 2.45) is 0 Å². The lowest BCUT2D eigenvalue weighted by Crippen LogP contribution is -2.04. The van der Waals surface area contributed by atoms with Crippen LogP contribution < -0.4 is 0 Å². The Morgan fingerprint density at radius 1 is 0.552 bits per heavy atom. The van der Waals surface area contributed by atoms with E-state index in [1.54, 1.807) is 0 Å². The first kappa shape index (κ1) is 19.6. The van der Waals surface area contributed by atoms with Crippen LogP contribution in [0.15, 0.2) is 93.8 Å². The SMILES string of the molecule is Cc1ccc([S+](c2ccc(C)cc2)c2ccn(-c3c(C)cc(C)cc3C)c2)cc1. The van der Waals surface area contributed by atoms with E-state index in [1.807, 2.05) is 0 Å². The van der Waals surface area contributed by atoms with Crippen molar-refractivity contribution in [2.75, 3.05) is 0 Å². The zero-order valence-electron chi connectivity index (χ0n) is 17.9. The molecule has 4 aromatic rings. The first-order valence-electron chi connectivity index (χ1n) is 10.1. The monoisotopic (exact) mass is 398 g/mol. The quantitative estimate of drug-likeness (QED) is 0.323. The number of rotatable bonds is 4. The predicted molar refractivity (Wildman–Crippen MR) is 125 cm³/mol. The molecule has 1 aromatic heterocycles. The van der Waals surface area contributed by atoms with Crippen molar-refractivity contribution in [2.45, 2.75) is 49.3 Å². The minimum absolute atomic E-state index is 0.123. The molecule has 0 saturated heterocycles. The molecule has 0 fully saturated rings. The van der Waals surface area contributed by atoms with Gasteiger partial charge >= 0.3 is 0 Å². The van der Waals surface area contributed by atoms with Crippen LogP contribution in [0.5, 0.6) is 0 Å². The van der Waals surface area contributed by atoms with E-state index in [0.29, 0.717) is 0 Å². The number of aryl methyl sites for hydroxylation is 5. The molecule has 0 bridgehead atoms. The van der Waals surface area contributed by atoms with Crippen LogP contribution in [0.1, 0.15) is 27.8 Å². The number of hydrogen-bond acceptors (Lipinski definition) is 0. The maximum atomic E-state index is 2.31. The van der Waals surface area contributed by atoms with Gasteiger partial charge in [0.2, 0.25) is 0 Å². The topological polar surface area (TPSA) is 4.93 Å². The summed E-state index contributed by atoms with van der Waals surface area (Å²) in [5.74, 6) is 0. The van der Waals surface area contributed by atoms with E-state index in [0.717, 1.165) is 0 Å². The number of hydrogen-bond donors (Lipinski definition) is 0. The standard InChI is InChI=1S/C27H28NS/c1-19-6-10-24(11-7-19)29(25-12-8-20(2)9-13-25)26-14-15-28(18-26)27-22(4)16-21(3)17-23(27)5/h6-18H,1-5H3/q+1. The van der Waals surface area contributed by atoms with Crippen molar-refractivity contribution < 1.29 is 0 Å². The lowest BCUT2D eigenvalue weighted by molar-refractivity contribution is 1.03. The Kier molecular flexibility index (Phi) is 5.38. The van der Waals surface area contributed by atoms with Crippen molar-refractivity contribution in [1.29, 1.82) is 0 Å². The Labute approximate surface area is 177 Å². The molecule has 3 aromatic carbocycles. The Bertz CT molecular complexity index is 1070. The largest absolute Gasteiger partial charge is 0.318 e. The number of benzene rings is 3. The van der Waals surface area contributed by atoms with E-state index in [4.69, 9.17) is 0 Å². The molecular formula is C27H28NS+. The smallest absolute Gasteiger partial charge is 0.184 e. The molecule has 146 valence electrons. The third-order valence-electron chi connectivity index (χ3n) is 5.31. The van der Waals surface area contributed by atoms with E-state index < -0.39 is 0 Å². The van der Waals surface area contributed by atoms with Crippen LogP contribution in [0.4, 0.5) is 0 Å². The highest BCUT2D eigenvalue weighted by Gasteiger charge is 2.29. The molecule has 0 amide bonds. The van der Waals surface area contributed by atoms with Gasteiger partial charge in [-0.05, 0) is 70.0 Å². The van der Waals surface area contributed by atoms with Crippen molar-refractivity contribution in [3.05, 3.63) is 107 Å². The van der Waals surface area contributed by atoms with Crippen LogP contribution in [0.2, 0.25) is 0 Å². The van der Waals surface area contributed by atoms with Gasteiger partial charge in [-0.3, -0.25) is 0 Å². The first-order valence-corrected chi connectivity index (χ1v) is 11.3. The molecule has 0 spiro atoms. The third kappa shape index (κ3) is 4.04. The van der Waals surface area contributed by atoms with Gasteiger partial charge in [0.1, 0.15) is 10.9 Å². The molecule has 0 saturated carbocycles. The molecule has 0 N–H and O–H groups in total. The van der Waals surface area contributed by atoms with E-state index in [9.17, 15) is 0 Å². The summed E-state index contributed by atoms with van der Waals surface area (Å²) < 4.78 is 2.29. The normalized spacial score (nSPS) is 11.2. The van der Waals surface area contributed by atoms with Crippen LogP contribution >= 0.6 is 0 Å². The van der Waals surface area contributed by atoms with E-state index in [-0.39, 0.29) is 10.9 Å². The molecule has 0 atom stereocenters. The molecule has 2 heteroatoms. The van der Waals surface area contributed by atoms with E-state index >= 15 is 0 Å². The zero-order valence-corrected chi connectivity index (χ0v) is 18.7. The molecule has 0 aliphatic carbocycles. The Balaban J connectivity index is 1.82.